The largest absolute Gasteiger partial charge is 0.337 e. The van der Waals surface area contributed by atoms with E-state index < -0.39 is 0 Å². The van der Waals surface area contributed by atoms with Gasteiger partial charge in [-0.05, 0) is 17.7 Å². The van der Waals surface area contributed by atoms with Gasteiger partial charge in [0, 0.05) is 55.6 Å². The lowest BCUT2D eigenvalue weighted by atomic mass is 10.1. The van der Waals surface area contributed by atoms with Gasteiger partial charge in [-0.3, -0.25) is 14.5 Å². The van der Waals surface area contributed by atoms with Crippen LogP contribution in [0.4, 0.5) is 0 Å². The van der Waals surface area contributed by atoms with Gasteiger partial charge in [-0.2, -0.15) is 16.9 Å². The highest BCUT2D eigenvalue weighted by Gasteiger charge is 2.21. The highest BCUT2D eigenvalue weighted by Crippen LogP contribution is 2.21. The zero-order valence-corrected chi connectivity index (χ0v) is 13.7. The van der Waals surface area contributed by atoms with Crippen LogP contribution in [0.1, 0.15) is 17.3 Å². The Morgan fingerprint density at radius 1 is 1.32 bits per heavy atom. The Morgan fingerprint density at radius 3 is 2.95 bits per heavy atom. The number of carbonyl (C=O) groups excluding carboxylic acids is 1. The fourth-order valence-electron chi connectivity index (χ4n) is 2.63. The molecule has 1 atom stereocenters. The number of hydrogen-bond acceptors (Lipinski definition) is 4. The maximum Gasteiger partial charge on any atom is 0.255 e. The molecule has 0 radical (unpaired) electrons. The van der Waals surface area contributed by atoms with Gasteiger partial charge in [0.1, 0.15) is 0 Å². The SMILES string of the molecule is CC1CSCCN(C(=O)c2cncc(-c3cnn(C)c3)c2)C1. The first kappa shape index (κ1) is 15.1. The first-order chi connectivity index (χ1) is 10.6. The molecule has 0 aliphatic carbocycles. The first-order valence-electron chi connectivity index (χ1n) is 7.44. The summed E-state index contributed by atoms with van der Waals surface area (Å²) in [5, 5.41) is 4.17. The number of rotatable bonds is 2. The average Bonchev–Trinajstić information content (AvgIpc) is 2.84. The van der Waals surface area contributed by atoms with E-state index in [0.717, 1.165) is 35.7 Å². The number of pyridine rings is 1. The van der Waals surface area contributed by atoms with Gasteiger partial charge >= 0.3 is 0 Å². The summed E-state index contributed by atoms with van der Waals surface area (Å²) in [6.07, 6.45) is 7.14. The summed E-state index contributed by atoms with van der Waals surface area (Å²) in [6.45, 7) is 3.83. The first-order valence-corrected chi connectivity index (χ1v) is 8.60. The summed E-state index contributed by atoms with van der Waals surface area (Å²) >= 11 is 1.92. The summed E-state index contributed by atoms with van der Waals surface area (Å²) in [4.78, 5) is 18.9. The molecule has 0 bridgehead atoms. The Labute approximate surface area is 134 Å². The third-order valence-electron chi connectivity index (χ3n) is 3.75. The van der Waals surface area contributed by atoms with Gasteiger partial charge in [0.25, 0.3) is 5.91 Å². The Bertz CT molecular complexity index is 670. The average molecular weight is 316 g/mol. The van der Waals surface area contributed by atoms with Gasteiger partial charge < -0.3 is 4.90 Å². The van der Waals surface area contributed by atoms with E-state index in [4.69, 9.17) is 0 Å². The molecule has 1 unspecified atom stereocenters. The van der Waals surface area contributed by atoms with Crippen LogP contribution in [0.15, 0.2) is 30.9 Å². The second-order valence-corrected chi connectivity index (χ2v) is 6.95. The van der Waals surface area contributed by atoms with Gasteiger partial charge in [0.15, 0.2) is 0 Å². The highest BCUT2D eigenvalue weighted by molar-refractivity contribution is 7.99. The number of nitrogens with zero attached hydrogens (tertiary/aromatic N) is 4. The number of aryl methyl sites for hydroxylation is 1. The molecule has 3 rings (SSSR count). The van der Waals surface area contributed by atoms with E-state index in [1.807, 2.05) is 36.0 Å². The summed E-state index contributed by atoms with van der Waals surface area (Å²) < 4.78 is 1.75. The molecule has 1 aliphatic rings. The van der Waals surface area contributed by atoms with Crippen LogP contribution in [0.2, 0.25) is 0 Å². The number of aromatic nitrogens is 3. The maximum atomic E-state index is 12.7. The normalized spacial score (nSPS) is 19.0. The fraction of sp³-hybridized carbons (Fsp3) is 0.438. The highest BCUT2D eigenvalue weighted by atomic mass is 32.2. The van der Waals surface area contributed by atoms with Crippen LogP contribution in [0.25, 0.3) is 11.1 Å². The van der Waals surface area contributed by atoms with Crippen LogP contribution >= 0.6 is 11.8 Å². The van der Waals surface area contributed by atoms with E-state index >= 15 is 0 Å². The van der Waals surface area contributed by atoms with E-state index in [2.05, 4.69) is 17.0 Å². The quantitative estimate of drug-likeness (QED) is 0.853. The van der Waals surface area contributed by atoms with Crippen molar-refractivity contribution in [3.8, 4) is 11.1 Å². The molecular weight excluding hydrogens is 296 g/mol. The second-order valence-electron chi connectivity index (χ2n) is 5.80. The van der Waals surface area contributed by atoms with Crippen molar-refractivity contribution in [2.24, 2.45) is 13.0 Å². The lowest BCUT2D eigenvalue weighted by Gasteiger charge is -2.22. The summed E-state index contributed by atoms with van der Waals surface area (Å²) in [7, 11) is 1.88. The third-order valence-corrected chi connectivity index (χ3v) is 5.03. The molecule has 0 saturated carbocycles. The molecule has 0 spiro atoms. The summed E-state index contributed by atoms with van der Waals surface area (Å²) in [5.74, 6) is 2.74. The van der Waals surface area contributed by atoms with Crippen LogP contribution in [-0.4, -0.2) is 50.2 Å². The number of hydrogen-bond donors (Lipinski definition) is 0. The van der Waals surface area contributed by atoms with Crippen molar-refractivity contribution in [2.75, 3.05) is 24.6 Å². The van der Waals surface area contributed by atoms with E-state index in [1.165, 1.54) is 0 Å². The molecule has 2 aromatic heterocycles. The summed E-state index contributed by atoms with van der Waals surface area (Å²) in [6, 6.07) is 1.91. The summed E-state index contributed by atoms with van der Waals surface area (Å²) in [5.41, 5.74) is 2.56. The molecule has 0 N–H and O–H groups in total. The van der Waals surface area contributed by atoms with Crippen molar-refractivity contribution < 1.29 is 4.79 Å². The topological polar surface area (TPSA) is 51.0 Å². The molecule has 0 aromatic carbocycles. The maximum absolute atomic E-state index is 12.7. The molecule has 116 valence electrons. The Hall–Kier alpha value is -1.82. The van der Waals surface area contributed by atoms with Gasteiger partial charge in [0.05, 0.1) is 11.8 Å². The Balaban J connectivity index is 1.83. The van der Waals surface area contributed by atoms with Gasteiger partial charge in [-0.25, -0.2) is 0 Å². The molecule has 1 amide bonds. The van der Waals surface area contributed by atoms with Gasteiger partial charge in [-0.1, -0.05) is 6.92 Å². The Morgan fingerprint density at radius 2 is 2.18 bits per heavy atom. The van der Waals surface area contributed by atoms with Crippen LogP contribution in [-0.2, 0) is 7.05 Å². The van der Waals surface area contributed by atoms with Crippen molar-refractivity contribution >= 4 is 17.7 Å². The smallest absolute Gasteiger partial charge is 0.255 e. The number of thioether (sulfide) groups is 1. The Kier molecular flexibility index (Phi) is 4.47. The van der Waals surface area contributed by atoms with Gasteiger partial charge in [-0.15, -0.1) is 0 Å². The van der Waals surface area contributed by atoms with E-state index in [9.17, 15) is 4.79 Å². The minimum absolute atomic E-state index is 0.0765. The predicted octanol–water partition coefficient (Wildman–Crippen LogP) is 2.31. The van der Waals surface area contributed by atoms with E-state index in [1.54, 1.807) is 23.3 Å². The molecular formula is C16H20N4OS. The predicted molar refractivity (Wildman–Crippen MR) is 88.8 cm³/mol. The lowest BCUT2D eigenvalue weighted by molar-refractivity contribution is 0.0751. The number of amides is 1. The standard InChI is InChI=1S/C16H20N4OS/c1-12-9-20(3-4-22-11-12)16(21)14-5-13(6-17-7-14)15-8-18-19(2)10-15/h5-8,10,12H,3-4,9,11H2,1-2H3. The van der Waals surface area contributed by atoms with Crippen molar-refractivity contribution in [2.45, 2.75) is 6.92 Å². The minimum atomic E-state index is 0.0765. The van der Waals surface area contributed by atoms with E-state index in [-0.39, 0.29) is 5.91 Å². The fourth-order valence-corrected chi connectivity index (χ4v) is 3.66. The van der Waals surface area contributed by atoms with Crippen LogP contribution in [0.3, 0.4) is 0 Å². The minimum Gasteiger partial charge on any atom is -0.337 e. The van der Waals surface area contributed by atoms with Crippen molar-refractivity contribution in [1.29, 1.82) is 0 Å². The lowest BCUT2D eigenvalue weighted by Crippen LogP contribution is -2.35. The van der Waals surface area contributed by atoms with Crippen molar-refractivity contribution in [1.82, 2.24) is 19.7 Å². The van der Waals surface area contributed by atoms with Crippen LogP contribution in [0, 0.1) is 5.92 Å². The molecule has 1 saturated heterocycles. The molecule has 22 heavy (non-hydrogen) atoms. The third kappa shape index (κ3) is 3.32. The molecule has 3 heterocycles. The van der Waals surface area contributed by atoms with Crippen LogP contribution < -0.4 is 0 Å². The molecule has 1 fully saturated rings. The zero-order valence-electron chi connectivity index (χ0n) is 12.9. The van der Waals surface area contributed by atoms with Gasteiger partial charge in [0.2, 0.25) is 0 Å². The molecule has 2 aromatic rings. The second kappa shape index (κ2) is 6.52. The van der Waals surface area contributed by atoms with Crippen molar-refractivity contribution in [3.05, 3.63) is 36.4 Å². The number of carbonyl (C=O) groups is 1. The molecule has 5 nitrogen and oxygen atoms in total. The van der Waals surface area contributed by atoms with E-state index in [0.29, 0.717) is 11.5 Å². The zero-order chi connectivity index (χ0) is 15.5. The molecule has 1 aliphatic heterocycles. The van der Waals surface area contributed by atoms with Crippen LogP contribution in [0.5, 0.6) is 0 Å². The monoisotopic (exact) mass is 316 g/mol. The van der Waals surface area contributed by atoms with Crippen molar-refractivity contribution in [3.63, 3.8) is 0 Å². The molecule has 6 heteroatoms.